The molecule has 8 nitrogen and oxygen atoms in total. The number of pyridine rings is 1. The maximum absolute atomic E-state index is 12.0. The molecular formula is C19H18N4O4S. The fourth-order valence-electron chi connectivity index (χ4n) is 2.15. The number of aromatic nitrogens is 1. The summed E-state index contributed by atoms with van der Waals surface area (Å²) in [5.74, 6) is -1.53. The number of nitriles is 1. The number of thioether (sulfide) groups is 1. The molecule has 0 spiro atoms. The monoisotopic (exact) mass is 398 g/mol. The first-order chi connectivity index (χ1) is 13.5. The maximum Gasteiger partial charge on any atom is 0.340 e. The van der Waals surface area contributed by atoms with Crippen LogP contribution in [0, 0.1) is 18.3 Å². The lowest BCUT2D eigenvalue weighted by Crippen LogP contribution is -2.42. The van der Waals surface area contributed by atoms with Crippen molar-refractivity contribution in [1.82, 2.24) is 15.8 Å². The van der Waals surface area contributed by atoms with E-state index < -0.39 is 17.8 Å². The molecule has 1 heterocycles. The van der Waals surface area contributed by atoms with Crippen molar-refractivity contribution in [2.45, 2.75) is 18.9 Å². The number of hydrazine groups is 1. The van der Waals surface area contributed by atoms with Crippen LogP contribution in [0.5, 0.6) is 0 Å². The van der Waals surface area contributed by atoms with Gasteiger partial charge in [-0.1, -0.05) is 30.0 Å². The summed E-state index contributed by atoms with van der Waals surface area (Å²) in [5.41, 5.74) is 5.81. The number of carbonyl (C=O) groups is 3. The molecule has 2 amide bonds. The van der Waals surface area contributed by atoms with Crippen LogP contribution in [0.15, 0.2) is 41.4 Å². The van der Waals surface area contributed by atoms with Crippen LogP contribution in [0.25, 0.3) is 0 Å². The van der Waals surface area contributed by atoms with Crippen LogP contribution >= 0.6 is 11.8 Å². The normalized spacial score (nSPS) is 9.89. The number of rotatable bonds is 6. The zero-order chi connectivity index (χ0) is 20.5. The van der Waals surface area contributed by atoms with Gasteiger partial charge in [0, 0.05) is 5.56 Å². The molecule has 9 heteroatoms. The molecule has 2 N–H and O–H groups in total. The van der Waals surface area contributed by atoms with Crippen LogP contribution in [-0.4, -0.2) is 35.1 Å². The first-order valence-electron chi connectivity index (χ1n) is 8.32. The van der Waals surface area contributed by atoms with Crippen LogP contribution in [0.4, 0.5) is 0 Å². The highest BCUT2D eigenvalue weighted by Crippen LogP contribution is 2.23. The minimum Gasteiger partial charge on any atom is -0.462 e. The van der Waals surface area contributed by atoms with Gasteiger partial charge in [0.05, 0.1) is 29.2 Å². The number of hydrogen-bond donors (Lipinski definition) is 2. The fourth-order valence-corrected chi connectivity index (χ4v) is 2.95. The number of carbonyl (C=O) groups excluding carboxylic acids is 3. The SMILES string of the molecule is CCOC(=O)c1cc(C#N)c(SCC(=O)NNC(=O)c2ccccc2)nc1C. The summed E-state index contributed by atoms with van der Waals surface area (Å²) in [5, 5.41) is 9.62. The summed E-state index contributed by atoms with van der Waals surface area (Å²) in [6.07, 6.45) is 0. The zero-order valence-electron chi connectivity index (χ0n) is 15.3. The lowest BCUT2D eigenvalue weighted by Gasteiger charge is -2.10. The van der Waals surface area contributed by atoms with E-state index in [9.17, 15) is 19.6 Å². The van der Waals surface area contributed by atoms with Crippen molar-refractivity contribution in [3.8, 4) is 6.07 Å². The molecule has 0 aliphatic heterocycles. The van der Waals surface area contributed by atoms with Crippen LogP contribution in [0.3, 0.4) is 0 Å². The number of ether oxygens (including phenoxy) is 1. The molecule has 0 radical (unpaired) electrons. The molecule has 2 aromatic rings. The van der Waals surface area contributed by atoms with Gasteiger partial charge in [-0.2, -0.15) is 5.26 Å². The van der Waals surface area contributed by atoms with E-state index in [1.165, 1.54) is 6.07 Å². The van der Waals surface area contributed by atoms with Crippen molar-refractivity contribution in [2.24, 2.45) is 0 Å². The summed E-state index contributed by atoms with van der Waals surface area (Å²) < 4.78 is 4.94. The van der Waals surface area contributed by atoms with E-state index in [2.05, 4.69) is 15.8 Å². The van der Waals surface area contributed by atoms with Crippen molar-refractivity contribution >= 4 is 29.5 Å². The molecule has 1 aromatic heterocycles. The standard InChI is InChI=1S/C19H18N4O4S/c1-3-27-19(26)15-9-14(10-20)18(21-12(15)2)28-11-16(24)22-23-17(25)13-7-5-4-6-8-13/h4-9H,3,11H2,1-2H3,(H,22,24)(H,23,25). The molecule has 0 unspecified atom stereocenters. The van der Waals surface area contributed by atoms with Crippen LogP contribution in [0.1, 0.15) is 38.9 Å². The number of esters is 1. The molecular weight excluding hydrogens is 380 g/mol. The molecule has 0 aliphatic carbocycles. The summed E-state index contributed by atoms with van der Waals surface area (Å²) in [4.78, 5) is 40.0. The molecule has 0 saturated carbocycles. The highest BCUT2D eigenvalue weighted by molar-refractivity contribution is 8.00. The Morgan fingerprint density at radius 3 is 2.57 bits per heavy atom. The van der Waals surface area contributed by atoms with Gasteiger partial charge < -0.3 is 4.74 Å². The second-order valence-electron chi connectivity index (χ2n) is 5.46. The Morgan fingerprint density at radius 2 is 1.93 bits per heavy atom. The first-order valence-corrected chi connectivity index (χ1v) is 9.30. The summed E-state index contributed by atoms with van der Waals surface area (Å²) in [7, 11) is 0. The van der Waals surface area contributed by atoms with Gasteiger partial charge in [-0.25, -0.2) is 9.78 Å². The quantitative estimate of drug-likeness (QED) is 0.433. The second kappa shape index (κ2) is 10.1. The fraction of sp³-hybridized carbons (Fsp3) is 0.211. The molecule has 0 atom stereocenters. The largest absolute Gasteiger partial charge is 0.462 e. The van der Waals surface area contributed by atoms with E-state index in [-0.39, 0.29) is 23.5 Å². The van der Waals surface area contributed by atoms with E-state index >= 15 is 0 Å². The minimum absolute atomic E-state index is 0.0745. The lowest BCUT2D eigenvalue weighted by molar-refractivity contribution is -0.119. The van der Waals surface area contributed by atoms with Gasteiger partial charge >= 0.3 is 5.97 Å². The van der Waals surface area contributed by atoms with Crippen molar-refractivity contribution in [3.63, 3.8) is 0 Å². The molecule has 144 valence electrons. The molecule has 1 aromatic carbocycles. The predicted molar refractivity (Wildman–Crippen MR) is 102 cm³/mol. The lowest BCUT2D eigenvalue weighted by atomic mass is 10.1. The van der Waals surface area contributed by atoms with Gasteiger partial charge in [0.15, 0.2) is 0 Å². The van der Waals surface area contributed by atoms with Crippen LogP contribution in [0.2, 0.25) is 0 Å². The third-order valence-corrected chi connectivity index (χ3v) is 4.48. The van der Waals surface area contributed by atoms with E-state index in [4.69, 9.17) is 4.74 Å². The summed E-state index contributed by atoms with van der Waals surface area (Å²) in [6, 6.07) is 11.8. The van der Waals surface area contributed by atoms with Crippen molar-refractivity contribution in [1.29, 1.82) is 5.26 Å². The van der Waals surface area contributed by atoms with Crippen LogP contribution in [-0.2, 0) is 9.53 Å². The van der Waals surface area contributed by atoms with E-state index in [1.54, 1.807) is 44.2 Å². The zero-order valence-corrected chi connectivity index (χ0v) is 16.1. The van der Waals surface area contributed by atoms with Crippen molar-refractivity contribution in [3.05, 3.63) is 58.8 Å². The van der Waals surface area contributed by atoms with Crippen molar-refractivity contribution in [2.75, 3.05) is 12.4 Å². The van der Waals surface area contributed by atoms with Gasteiger partial charge in [-0.05, 0) is 32.0 Å². The Bertz CT molecular complexity index is 926. The minimum atomic E-state index is -0.554. The van der Waals surface area contributed by atoms with E-state index in [0.717, 1.165) is 11.8 Å². The number of amides is 2. The van der Waals surface area contributed by atoms with Gasteiger partial charge in [0.1, 0.15) is 11.1 Å². The number of hydrogen-bond acceptors (Lipinski definition) is 7. The first kappa shape index (κ1) is 20.9. The average molecular weight is 398 g/mol. The number of benzene rings is 1. The summed E-state index contributed by atoms with van der Waals surface area (Å²) >= 11 is 1.03. The molecule has 0 aliphatic rings. The molecule has 0 fully saturated rings. The van der Waals surface area contributed by atoms with Gasteiger partial charge in [-0.3, -0.25) is 20.4 Å². The van der Waals surface area contributed by atoms with Crippen LogP contribution < -0.4 is 10.9 Å². The van der Waals surface area contributed by atoms with Gasteiger partial charge in [0.25, 0.3) is 5.91 Å². The van der Waals surface area contributed by atoms with Gasteiger partial charge in [-0.15, -0.1) is 0 Å². The highest BCUT2D eigenvalue weighted by Gasteiger charge is 2.17. The maximum atomic E-state index is 12.0. The van der Waals surface area contributed by atoms with E-state index in [0.29, 0.717) is 16.3 Å². The Morgan fingerprint density at radius 1 is 1.21 bits per heavy atom. The average Bonchev–Trinajstić information content (AvgIpc) is 2.71. The van der Waals surface area contributed by atoms with Gasteiger partial charge in [0.2, 0.25) is 5.91 Å². The molecule has 28 heavy (non-hydrogen) atoms. The van der Waals surface area contributed by atoms with Crippen molar-refractivity contribution < 1.29 is 19.1 Å². The van der Waals surface area contributed by atoms with E-state index in [1.807, 2.05) is 6.07 Å². The number of nitrogens with one attached hydrogen (secondary N) is 2. The smallest absolute Gasteiger partial charge is 0.340 e. The Balaban J connectivity index is 1.97. The highest BCUT2D eigenvalue weighted by atomic mass is 32.2. The Hall–Kier alpha value is -3.38. The number of aryl methyl sites for hydroxylation is 1. The second-order valence-corrected chi connectivity index (χ2v) is 6.43. The molecule has 0 bridgehead atoms. The topological polar surface area (TPSA) is 121 Å². The Kier molecular flexibility index (Phi) is 7.54. The predicted octanol–water partition coefficient (Wildman–Crippen LogP) is 1.99. The summed E-state index contributed by atoms with van der Waals surface area (Å²) in [6.45, 7) is 3.52. The Labute approximate surface area is 166 Å². The number of nitrogens with zero attached hydrogens (tertiary/aromatic N) is 2. The molecule has 0 saturated heterocycles. The molecule has 2 rings (SSSR count). The third-order valence-electron chi connectivity index (χ3n) is 3.49. The third kappa shape index (κ3) is 5.56.